The lowest BCUT2D eigenvalue weighted by Gasteiger charge is -2.25. The number of carbonyl (C=O) groups is 3. The van der Waals surface area contributed by atoms with E-state index in [0.29, 0.717) is 32.2 Å². The van der Waals surface area contributed by atoms with Crippen LogP contribution in [0.3, 0.4) is 0 Å². The number of alkyl carbamates (subject to hydrolysis) is 1. The predicted molar refractivity (Wildman–Crippen MR) is 137 cm³/mol. The van der Waals surface area contributed by atoms with Gasteiger partial charge in [0.25, 0.3) is 0 Å². The fourth-order valence-corrected chi connectivity index (χ4v) is 4.43. The molecule has 4 atom stereocenters. The molecule has 0 aromatic heterocycles. The Bertz CT molecular complexity index is 983. The first-order chi connectivity index (χ1) is 17.4. The number of hydrogen-bond donors (Lipinski definition) is 4. The van der Waals surface area contributed by atoms with Gasteiger partial charge in [0.2, 0.25) is 11.8 Å². The Balaban J connectivity index is 1.66. The summed E-state index contributed by atoms with van der Waals surface area (Å²) in [6, 6.07) is 17.9. The molecule has 0 spiro atoms. The highest BCUT2D eigenvalue weighted by Crippen LogP contribution is 2.23. The third-order valence-corrected chi connectivity index (χ3v) is 6.30. The Hall–Kier alpha value is -3.39. The quantitative estimate of drug-likeness (QED) is 0.361. The number of rotatable bonds is 12. The van der Waals surface area contributed by atoms with Crippen LogP contribution in [0.1, 0.15) is 50.3 Å². The van der Waals surface area contributed by atoms with E-state index in [1.54, 1.807) is 0 Å². The van der Waals surface area contributed by atoms with Crippen LogP contribution in [0.2, 0.25) is 0 Å². The first-order valence-electron chi connectivity index (χ1n) is 12.6. The molecule has 3 rings (SSSR count). The van der Waals surface area contributed by atoms with Crippen molar-refractivity contribution < 1.29 is 24.2 Å². The van der Waals surface area contributed by atoms with Crippen LogP contribution in [-0.4, -0.2) is 48.2 Å². The second-order valence-electron chi connectivity index (χ2n) is 9.72. The summed E-state index contributed by atoms with van der Waals surface area (Å²) in [4.78, 5) is 38.0. The van der Waals surface area contributed by atoms with Gasteiger partial charge in [-0.15, -0.1) is 0 Å². The summed E-state index contributed by atoms with van der Waals surface area (Å²) in [5.74, 6) is -0.581. The first-order valence-corrected chi connectivity index (χ1v) is 12.6. The topological polar surface area (TPSA) is 117 Å². The van der Waals surface area contributed by atoms with E-state index in [2.05, 4.69) is 16.0 Å². The number of carbonyl (C=O) groups excluding carboxylic acids is 3. The molecule has 1 aliphatic rings. The molecule has 36 heavy (non-hydrogen) atoms. The third kappa shape index (κ3) is 8.37. The molecule has 0 bridgehead atoms. The molecule has 1 heterocycles. The molecule has 4 N–H and O–H groups in total. The lowest BCUT2D eigenvalue weighted by atomic mass is 9.97. The van der Waals surface area contributed by atoms with Gasteiger partial charge in [0.1, 0.15) is 12.1 Å². The van der Waals surface area contributed by atoms with E-state index in [-0.39, 0.29) is 24.3 Å². The second-order valence-corrected chi connectivity index (χ2v) is 9.72. The minimum absolute atomic E-state index is 0.0616. The summed E-state index contributed by atoms with van der Waals surface area (Å²) < 4.78 is 5.82. The minimum Gasteiger partial charge on any atom is -0.441 e. The molecule has 1 fully saturated rings. The maximum atomic E-state index is 13.1. The van der Waals surface area contributed by atoms with Crippen molar-refractivity contribution in [2.24, 2.45) is 11.8 Å². The van der Waals surface area contributed by atoms with Gasteiger partial charge < -0.3 is 25.8 Å². The third-order valence-electron chi connectivity index (χ3n) is 6.30. The predicted octanol–water partition coefficient (Wildman–Crippen LogP) is 3.11. The SMILES string of the molecule is CC(C)CC(NC(=O)OC(Cc1ccccc1)c1ccccc1)C(=O)NC(CO)CC1CCNC1=O. The van der Waals surface area contributed by atoms with Crippen LogP contribution < -0.4 is 16.0 Å². The van der Waals surface area contributed by atoms with E-state index >= 15 is 0 Å². The summed E-state index contributed by atoms with van der Waals surface area (Å²) in [6.45, 7) is 4.23. The Kier molecular flexibility index (Phi) is 10.3. The Morgan fingerprint density at radius 2 is 1.72 bits per heavy atom. The maximum Gasteiger partial charge on any atom is 0.408 e. The van der Waals surface area contributed by atoms with Gasteiger partial charge in [-0.05, 0) is 36.3 Å². The summed E-state index contributed by atoms with van der Waals surface area (Å²) in [5.41, 5.74) is 1.88. The van der Waals surface area contributed by atoms with Crippen molar-refractivity contribution in [3.63, 3.8) is 0 Å². The van der Waals surface area contributed by atoms with Crippen LogP contribution >= 0.6 is 0 Å². The molecule has 0 aliphatic carbocycles. The molecule has 194 valence electrons. The van der Waals surface area contributed by atoms with Crippen molar-refractivity contribution in [2.45, 2.75) is 57.7 Å². The summed E-state index contributed by atoms with van der Waals surface area (Å²) in [5, 5.41) is 18.1. The van der Waals surface area contributed by atoms with Crippen LogP contribution in [0.5, 0.6) is 0 Å². The normalized spacial score (nSPS) is 17.7. The van der Waals surface area contributed by atoms with Crippen molar-refractivity contribution in [2.75, 3.05) is 13.2 Å². The van der Waals surface area contributed by atoms with E-state index in [0.717, 1.165) is 11.1 Å². The van der Waals surface area contributed by atoms with Crippen molar-refractivity contribution in [1.82, 2.24) is 16.0 Å². The Labute approximate surface area is 212 Å². The molecule has 2 aromatic carbocycles. The number of hydrogen-bond acceptors (Lipinski definition) is 5. The fourth-order valence-electron chi connectivity index (χ4n) is 4.43. The maximum absolute atomic E-state index is 13.1. The Morgan fingerprint density at radius 1 is 1.06 bits per heavy atom. The van der Waals surface area contributed by atoms with Crippen LogP contribution in [-0.2, 0) is 20.7 Å². The van der Waals surface area contributed by atoms with Crippen LogP contribution in [0.25, 0.3) is 0 Å². The molecular formula is C28H37N3O5. The summed E-state index contributed by atoms with van der Waals surface area (Å²) in [6.07, 6.45) is 0.708. The zero-order valence-electron chi connectivity index (χ0n) is 21.0. The molecule has 1 saturated heterocycles. The zero-order chi connectivity index (χ0) is 25.9. The number of amides is 3. The van der Waals surface area contributed by atoms with Gasteiger partial charge in [-0.2, -0.15) is 0 Å². The second kappa shape index (κ2) is 13.6. The van der Waals surface area contributed by atoms with Gasteiger partial charge in [0.15, 0.2) is 0 Å². The molecular weight excluding hydrogens is 458 g/mol. The molecule has 2 aromatic rings. The van der Waals surface area contributed by atoms with E-state index in [1.165, 1.54) is 0 Å². The van der Waals surface area contributed by atoms with Crippen molar-refractivity contribution in [1.29, 1.82) is 0 Å². The Morgan fingerprint density at radius 3 is 2.31 bits per heavy atom. The smallest absolute Gasteiger partial charge is 0.408 e. The molecule has 8 nitrogen and oxygen atoms in total. The van der Waals surface area contributed by atoms with Crippen molar-refractivity contribution >= 4 is 17.9 Å². The van der Waals surface area contributed by atoms with Gasteiger partial charge in [-0.25, -0.2) is 4.79 Å². The molecule has 3 amide bonds. The lowest BCUT2D eigenvalue weighted by Crippen LogP contribution is -2.51. The van der Waals surface area contributed by atoms with Gasteiger partial charge in [-0.1, -0.05) is 74.5 Å². The van der Waals surface area contributed by atoms with Crippen LogP contribution in [0.4, 0.5) is 4.79 Å². The first kappa shape index (κ1) is 27.2. The van der Waals surface area contributed by atoms with E-state index < -0.39 is 30.2 Å². The molecule has 8 heteroatoms. The highest BCUT2D eigenvalue weighted by Gasteiger charge is 2.30. The van der Waals surface area contributed by atoms with Gasteiger partial charge in [-0.3, -0.25) is 9.59 Å². The zero-order valence-corrected chi connectivity index (χ0v) is 21.0. The lowest BCUT2D eigenvalue weighted by molar-refractivity contribution is -0.126. The largest absolute Gasteiger partial charge is 0.441 e. The number of benzene rings is 2. The molecule has 0 radical (unpaired) electrons. The summed E-state index contributed by atoms with van der Waals surface area (Å²) >= 11 is 0. The van der Waals surface area contributed by atoms with Gasteiger partial charge in [0.05, 0.1) is 12.6 Å². The fraction of sp³-hybridized carbons (Fsp3) is 0.464. The van der Waals surface area contributed by atoms with E-state index in [1.807, 2.05) is 74.5 Å². The average molecular weight is 496 g/mol. The van der Waals surface area contributed by atoms with E-state index in [9.17, 15) is 19.5 Å². The molecule has 4 unspecified atom stereocenters. The van der Waals surface area contributed by atoms with E-state index in [4.69, 9.17) is 4.74 Å². The van der Waals surface area contributed by atoms with Gasteiger partial charge in [0, 0.05) is 18.9 Å². The molecule has 0 saturated carbocycles. The highest BCUT2D eigenvalue weighted by atomic mass is 16.6. The van der Waals surface area contributed by atoms with Crippen molar-refractivity contribution in [3.8, 4) is 0 Å². The highest BCUT2D eigenvalue weighted by molar-refractivity contribution is 5.86. The number of aliphatic hydroxyl groups is 1. The average Bonchev–Trinajstić information content (AvgIpc) is 3.27. The number of ether oxygens (including phenoxy) is 1. The standard InChI is InChI=1S/C28H37N3O5/c1-19(2)15-24(27(34)30-23(18-32)17-22-13-14-29-26(22)33)31-28(35)36-25(21-11-7-4-8-12-21)16-20-9-5-3-6-10-20/h3-12,19,22-25,32H,13-18H2,1-2H3,(H,29,33)(H,30,34)(H,31,35). The monoisotopic (exact) mass is 495 g/mol. The van der Waals surface area contributed by atoms with Gasteiger partial charge >= 0.3 is 6.09 Å². The molecule has 1 aliphatic heterocycles. The van der Waals surface area contributed by atoms with Crippen LogP contribution in [0, 0.1) is 11.8 Å². The number of aliphatic hydroxyl groups excluding tert-OH is 1. The minimum atomic E-state index is -0.836. The van der Waals surface area contributed by atoms with Crippen LogP contribution in [0.15, 0.2) is 60.7 Å². The summed E-state index contributed by atoms with van der Waals surface area (Å²) in [7, 11) is 0. The van der Waals surface area contributed by atoms with Crippen molar-refractivity contribution in [3.05, 3.63) is 71.8 Å². The number of nitrogens with one attached hydrogen (secondary N) is 3.